The van der Waals surface area contributed by atoms with Crippen LogP contribution >= 0.6 is 11.3 Å². The van der Waals surface area contributed by atoms with Gasteiger partial charge in [-0.05, 0) is 29.1 Å². The highest BCUT2D eigenvalue weighted by Crippen LogP contribution is 2.21. The summed E-state index contributed by atoms with van der Waals surface area (Å²) in [4.78, 5) is 14.2. The SMILES string of the molecule is CN(Cc1cccc(O)c1)C(=O)c1sccc1N. The average Bonchev–Trinajstić information content (AvgIpc) is 2.74. The zero-order chi connectivity index (χ0) is 13.1. The van der Waals surface area contributed by atoms with E-state index in [0.717, 1.165) is 5.56 Å². The van der Waals surface area contributed by atoms with Crippen molar-refractivity contribution in [3.8, 4) is 5.75 Å². The maximum atomic E-state index is 12.1. The second-order valence-corrected chi connectivity index (χ2v) is 4.95. The van der Waals surface area contributed by atoms with Crippen molar-refractivity contribution in [3.63, 3.8) is 0 Å². The fourth-order valence-electron chi connectivity index (χ4n) is 1.67. The number of rotatable bonds is 3. The summed E-state index contributed by atoms with van der Waals surface area (Å²) in [5, 5.41) is 11.2. The predicted octanol–water partition coefficient (Wildman–Crippen LogP) is 2.31. The minimum atomic E-state index is -0.106. The summed E-state index contributed by atoms with van der Waals surface area (Å²) in [7, 11) is 1.71. The monoisotopic (exact) mass is 262 g/mol. The van der Waals surface area contributed by atoms with Crippen LogP contribution in [-0.4, -0.2) is 23.0 Å². The first-order chi connectivity index (χ1) is 8.58. The first-order valence-electron chi connectivity index (χ1n) is 5.44. The molecule has 0 spiro atoms. The van der Waals surface area contributed by atoms with Crippen molar-refractivity contribution in [2.75, 3.05) is 12.8 Å². The molecule has 0 aliphatic rings. The van der Waals surface area contributed by atoms with Crippen molar-refractivity contribution < 1.29 is 9.90 Å². The van der Waals surface area contributed by atoms with Gasteiger partial charge >= 0.3 is 0 Å². The number of benzene rings is 1. The molecule has 0 bridgehead atoms. The van der Waals surface area contributed by atoms with Gasteiger partial charge in [-0.2, -0.15) is 0 Å². The van der Waals surface area contributed by atoms with Crippen LogP contribution < -0.4 is 5.73 Å². The van der Waals surface area contributed by atoms with Gasteiger partial charge in [-0.25, -0.2) is 0 Å². The number of carbonyl (C=O) groups excluding carboxylic acids is 1. The third-order valence-corrected chi connectivity index (χ3v) is 3.49. The van der Waals surface area contributed by atoms with Gasteiger partial charge in [0.25, 0.3) is 5.91 Å². The van der Waals surface area contributed by atoms with E-state index in [0.29, 0.717) is 17.1 Å². The van der Waals surface area contributed by atoms with Crippen LogP contribution in [0.2, 0.25) is 0 Å². The van der Waals surface area contributed by atoms with Gasteiger partial charge in [-0.15, -0.1) is 11.3 Å². The number of thiophene rings is 1. The van der Waals surface area contributed by atoms with Crippen LogP contribution in [0.3, 0.4) is 0 Å². The minimum absolute atomic E-state index is 0.106. The van der Waals surface area contributed by atoms with Crippen molar-refractivity contribution in [2.24, 2.45) is 0 Å². The molecule has 2 rings (SSSR count). The lowest BCUT2D eigenvalue weighted by Crippen LogP contribution is -2.26. The molecule has 0 aliphatic heterocycles. The van der Waals surface area contributed by atoms with Gasteiger partial charge in [0.15, 0.2) is 0 Å². The summed E-state index contributed by atoms with van der Waals surface area (Å²) in [6.45, 7) is 0.435. The summed E-state index contributed by atoms with van der Waals surface area (Å²) >= 11 is 1.33. The molecule has 0 atom stereocenters. The number of hydrogen-bond donors (Lipinski definition) is 2. The minimum Gasteiger partial charge on any atom is -0.508 e. The number of nitrogens with zero attached hydrogens (tertiary/aromatic N) is 1. The molecule has 0 unspecified atom stereocenters. The van der Waals surface area contributed by atoms with Crippen molar-refractivity contribution in [1.29, 1.82) is 0 Å². The topological polar surface area (TPSA) is 66.6 Å². The fourth-order valence-corrected chi connectivity index (χ4v) is 2.48. The van der Waals surface area contributed by atoms with Gasteiger partial charge < -0.3 is 15.7 Å². The molecule has 0 radical (unpaired) electrons. The Morgan fingerprint density at radius 2 is 2.22 bits per heavy atom. The Labute approximate surface area is 109 Å². The summed E-state index contributed by atoms with van der Waals surface area (Å²) in [6, 6.07) is 8.58. The Balaban J connectivity index is 2.11. The molecular weight excluding hydrogens is 248 g/mol. The highest BCUT2D eigenvalue weighted by molar-refractivity contribution is 7.12. The van der Waals surface area contributed by atoms with Gasteiger partial charge in [0.05, 0.1) is 5.69 Å². The molecule has 1 aromatic heterocycles. The van der Waals surface area contributed by atoms with Crippen molar-refractivity contribution in [2.45, 2.75) is 6.54 Å². The fraction of sp³-hybridized carbons (Fsp3) is 0.154. The number of phenols is 1. The van der Waals surface area contributed by atoms with E-state index >= 15 is 0 Å². The van der Waals surface area contributed by atoms with Crippen molar-refractivity contribution in [3.05, 3.63) is 46.2 Å². The van der Waals surface area contributed by atoms with Crippen molar-refractivity contribution >= 4 is 22.9 Å². The van der Waals surface area contributed by atoms with Gasteiger partial charge in [0.2, 0.25) is 0 Å². The standard InChI is InChI=1S/C13H14N2O2S/c1-15(8-9-3-2-4-10(16)7-9)13(17)12-11(14)5-6-18-12/h2-7,16H,8,14H2,1H3. The van der Waals surface area contributed by atoms with Crippen LogP contribution in [0.25, 0.3) is 0 Å². The van der Waals surface area contributed by atoms with E-state index in [2.05, 4.69) is 0 Å². The van der Waals surface area contributed by atoms with E-state index in [-0.39, 0.29) is 11.7 Å². The van der Waals surface area contributed by atoms with Gasteiger partial charge in [0.1, 0.15) is 10.6 Å². The molecule has 0 saturated carbocycles. The van der Waals surface area contributed by atoms with Crippen molar-refractivity contribution in [1.82, 2.24) is 4.90 Å². The van der Waals surface area contributed by atoms with E-state index in [1.165, 1.54) is 11.3 Å². The van der Waals surface area contributed by atoms with Crippen LogP contribution in [0.4, 0.5) is 5.69 Å². The molecule has 0 fully saturated rings. The summed E-state index contributed by atoms with van der Waals surface area (Å²) in [6.07, 6.45) is 0. The molecule has 5 heteroatoms. The number of hydrogen-bond acceptors (Lipinski definition) is 4. The lowest BCUT2D eigenvalue weighted by molar-refractivity contribution is 0.0790. The van der Waals surface area contributed by atoms with E-state index in [1.54, 1.807) is 41.6 Å². The third kappa shape index (κ3) is 2.62. The number of amides is 1. The number of phenolic OH excluding ortho intramolecular Hbond substituents is 1. The average molecular weight is 262 g/mol. The molecule has 94 valence electrons. The summed E-state index contributed by atoms with van der Waals surface area (Å²) in [5.41, 5.74) is 7.10. The first kappa shape index (κ1) is 12.4. The van der Waals surface area contributed by atoms with E-state index in [1.807, 2.05) is 6.07 Å². The lowest BCUT2D eigenvalue weighted by atomic mass is 10.2. The van der Waals surface area contributed by atoms with E-state index in [4.69, 9.17) is 5.73 Å². The maximum absolute atomic E-state index is 12.1. The van der Waals surface area contributed by atoms with E-state index in [9.17, 15) is 9.90 Å². The molecule has 18 heavy (non-hydrogen) atoms. The molecule has 1 heterocycles. The van der Waals surface area contributed by atoms with Gasteiger partial charge in [-0.1, -0.05) is 12.1 Å². The van der Waals surface area contributed by atoms with Crippen LogP contribution in [0.5, 0.6) is 5.75 Å². The quantitative estimate of drug-likeness (QED) is 0.892. The number of aromatic hydroxyl groups is 1. The number of anilines is 1. The maximum Gasteiger partial charge on any atom is 0.266 e. The molecule has 0 saturated heterocycles. The molecule has 1 aromatic carbocycles. The second kappa shape index (κ2) is 5.10. The zero-order valence-electron chi connectivity index (χ0n) is 9.96. The Kier molecular flexibility index (Phi) is 3.53. The second-order valence-electron chi connectivity index (χ2n) is 4.04. The molecule has 3 N–H and O–H groups in total. The largest absolute Gasteiger partial charge is 0.508 e. The smallest absolute Gasteiger partial charge is 0.266 e. The van der Waals surface area contributed by atoms with Gasteiger partial charge in [-0.3, -0.25) is 4.79 Å². The predicted molar refractivity (Wildman–Crippen MR) is 72.6 cm³/mol. The highest BCUT2D eigenvalue weighted by atomic mass is 32.1. The Bertz CT molecular complexity index is 566. The number of nitrogens with two attached hydrogens (primary N) is 1. The summed E-state index contributed by atoms with van der Waals surface area (Å²) < 4.78 is 0. The summed E-state index contributed by atoms with van der Waals surface area (Å²) in [5.74, 6) is 0.0924. The Morgan fingerprint density at radius 3 is 2.83 bits per heavy atom. The Hall–Kier alpha value is -2.01. The normalized spacial score (nSPS) is 10.3. The Morgan fingerprint density at radius 1 is 1.44 bits per heavy atom. The van der Waals surface area contributed by atoms with Crippen LogP contribution in [0.15, 0.2) is 35.7 Å². The van der Waals surface area contributed by atoms with Crippen LogP contribution in [0.1, 0.15) is 15.2 Å². The van der Waals surface area contributed by atoms with E-state index < -0.39 is 0 Å². The molecular formula is C13H14N2O2S. The lowest BCUT2D eigenvalue weighted by Gasteiger charge is -2.16. The highest BCUT2D eigenvalue weighted by Gasteiger charge is 2.16. The number of carbonyl (C=O) groups is 1. The first-order valence-corrected chi connectivity index (χ1v) is 6.32. The molecule has 4 nitrogen and oxygen atoms in total. The molecule has 2 aromatic rings. The molecule has 1 amide bonds. The van der Waals surface area contributed by atoms with Crippen LogP contribution in [-0.2, 0) is 6.54 Å². The molecule has 0 aliphatic carbocycles. The number of nitrogen functional groups attached to an aromatic ring is 1. The van der Waals surface area contributed by atoms with Crippen LogP contribution in [0, 0.1) is 0 Å². The van der Waals surface area contributed by atoms with Gasteiger partial charge in [0, 0.05) is 13.6 Å². The zero-order valence-corrected chi connectivity index (χ0v) is 10.8. The third-order valence-electron chi connectivity index (χ3n) is 2.57.